The maximum atomic E-state index is 3.72. The number of halogens is 1. The Morgan fingerprint density at radius 3 is 1.53 bits per heavy atom. The Kier molecular flexibility index (Phi) is 4.95. The lowest BCUT2D eigenvalue weighted by atomic mass is 9.70. The summed E-state index contributed by atoms with van der Waals surface area (Å²) in [6.07, 6.45) is 0. The van der Waals surface area contributed by atoms with Crippen LogP contribution in [-0.4, -0.2) is 0 Å². The zero-order valence-electron chi connectivity index (χ0n) is 25.2. The van der Waals surface area contributed by atoms with E-state index in [1.54, 1.807) is 0 Å². The van der Waals surface area contributed by atoms with Crippen LogP contribution in [0.2, 0.25) is 0 Å². The van der Waals surface area contributed by atoms with E-state index in [0.717, 1.165) is 4.47 Å². The number of hydrogen-bond acceptors (Lipinski definition) is 0. The molecule has 0 saturated heterocycles. The molecule has 212 valence electrons. The van der Waals surface area contributed by atoms with Crippen LogP contribution in [0.1, 0.15) is 47.2 Å². The number of benzene rings is 7. The molecule has 10 rings (SSSR count). The average molecular weight is 638 g/mol. The van der Waals surface area contributed by atoms with Crippen LogP contribution in [0.15, 0.2) is 144 Å². The van der Waals surface area contributed by atoms with E-state index in [4.69, 9.17) is 0 Å². The first-order valence-corrected chi connectivity index (χ1v) is 16.6. The molecule has 1 heteroatoms. The van der Waals surface area contributed by atoms with E-state index in [0.29, 0.717) is 0 Å². The van der Waals surface area contributed by atoms with Crippen molar-refractivity contribution in [3.63, 3.8) is 0 Å². The molecule has 0 nitrogen and oxygen atoms in total. The molecular weight excluding hydrogens is 608 g/mol. The van der Waals surface area contributed by atoms with Crippen LogP contribution in [0, 0.1) is 0 Å². The Bertz CT molecular complexity index is 2430. The molecule has 3 aliphatic carbocycles. The lowest BCUT2D eigenvalue weighted by Gasteiger charge is -2.31. The summed E-state index contributed by atoms with van der Waals surface area (Å²) in [4.78, 5) is 0. The molecule has 0 radical (unpaired) electrons. The smallest absolute Gasteiger partial charge is 0.0619 e. The fraction of sp³-hybridized carbons (Fsp3) is 0.0909. The highest BCUT2D eigenvalue weighted by atomic mass is 79.9. The van der Waals surface area contributed by atoms with E-state index < -0.39 is 0 Å². The molecule has 0 saturated carbocycles. The van der Waals surface area contributed by atoms with E-state index in [-0.39, 0.29) is 10.8 Å². The maximum absolute atomic E-state index is 3.72. The fourth-order valence-electron chi connectivity index (χ4n) is 8.89. The Labute approximate surface area is 272 Å². The van der Waals surface area contributed by atoms with Crippen LogP contribution < -0.4 is 0 Å². The standard InChI is InChI=1S/C44H29Br/c1-43(2)39-22-28(15-18-33(39)34-20-17-30(45)25-40(34)43)29-16-19-35-31-11-5-7-13-37(31)44(41(35)24-29)38-14-8-6-12-32(38)36-21-26-9-3-4-10-27(26)23-42(36)44/h3-25H,1-2H3. The summed E-state index contributed by atoms with van der Waals surface area (Å²) in [6.45, 7) is 4.72. The summed E-state index contributed by atoms with van der Waals surface area (Å²) in [7, 11) is 0. The SMILES string of the molecule is CC1(C)c2cc(Br)ccc2-c2ccc(-c3ccc4c(c3)C3(c5ccccc5-4)c4ccccc4-c4cc5ccccc5cc43)cc21. The van der Waals surface area contributed by atoms with Crippen molar-refractivity contribution in [2.24, 2.45) is 0 Å². The van der Waals surface area contributed by atoms with Gasteiger partial charge in [0.2, 0.25) is 0 Å². The number of fused-ring (bicyclic) bond motifs is 14. The van der Waals surface area contributed by atoms with Crippen molar-refractivity contribution in [2.75, 3.05) is 0 Å². The highest BCUT2D eigenvalue weighted by molar-refractivity contribution is 9.10. The summed E-state index contributed by atoms with van der Waals surface area (Å²) >= 11 is 3.72. The molecule has 1 unspecified atom stereocenters. The van der Waals surface area contributed by atoms with Gasteiger partial charge in [0.25, 0.3) is 0 Å². The average Bonchev–Trinajstić information content (AvgIpc) is 3.61. The maximum Gasteiger partial charge on any atom is 0.0725 e. The van der Waals surface area contributed by atoms with Gasteiger partial charge in [-0.25, -0.2) is 0 Å². The third-order valence-electron chi connectivity index (χ3n) is 10.9. The molecule has 0 bridgehead atoms. The molecule has 3 aliphatic rings. The molecule has 45 heavy (non-hydrogen) atoms. The molecule has 0 aromatic heterocycles. The van der Waals surface area contributed by atoms with Crippen molar-refractivity contribution in [1.82, 2.24) is 0 Å². The predicted octanol–water partition coefficient (Wildman–Crippen LogP) is 11.9. The Morgan fingerprint density at radius 2 is 0.844 bits per heavy atom. The van der Waals surface area contributed by atoms with E-state index in [2.05, 4.69) is 169 Å². The van der Waals surface area contributed by atoms with Crippen molar-refractivity contribution in [1.29, 1.82) is 0 Å². The summed E-state index contributed by atoms with van der Waals surface area (Å²) < 4.78 is 1.13. The van der Waals surface area contributed by atoms with Gasteiger partial charge in [-0.3, -0.25) is 0 Å². The molecular formula is C44H29Br. The van der Waals surface area contributed by atoms with Crippen molar-refractivity contribution in [3.05, 3.63) is 177 Å². The summed E-state index contributed by atoms with van der Waals surface area (Å²) in [5.41, 5.74) is 18.5. The third-order valence-corrected chi connectivity index (χ3v) is 11.4. The van der Waals surface area contributed by atoms with Crippen LogP contribution >= 0.6 is 15.9 Å². The van der Waals surface area contributed by atoms with Gasteiger partial charge in [0.15, 0.2) is 0 Å². The Hall–Kier alpha value is -4.72. The lowest BCUT2D eigenvalue weighted by Crippen LogP contribution is -2.25. The zero-order chi connectivity index (χ0) is 30.1. The Balaban J connectivity index is 1.24. The molecule has 0 heterocycles. The lowest BCUT2D eigenvalue weighted by molar-refractivity contribution is 0.660. The van der Waals surface area contributed by atoms with Gasteiger partial charge >= 0.3 is 0 Å². The zero-order valence-corrected chi connectivity index (χ0v) is 26.7. The predicted molar refractivity (Wildman–Crippen MR) is 191 cm³/mol. The highest BCUT2D eigenvalue weighted by Crippen LogP contribution is 2.63. The van der Waals surface area contributed by atoms with Gasteiger partial charge in [0.1, 0.15) is 0 Å². The van der Waals surface area contributed by atoms with Gasteiger partial charge in [0, 0.05) is 9.89 Å². The molecule has 0 aliphatic heterocycles. The van der Waals surface area contributed by atoms with Gasteiger partial charge < -0.3 is 0 Å². The van der Waals surface area contributed by atoms with Gasteiger partial charge in [-0.15, -0.1) is 0 Å². The second-order valence-electron chi connectivity index (χ2n) is 13.4. The molecule has 7 aromatic rings. The quantitative estimate of drug-likeness (QED) is 0.168. The van der Waals surface area contributed by atoms with E-state index in [9.17, 15) is 0 Å². The molecule has 0 N–H and O–H groups in total. The largest absolute Gasteiger partial charge is 0.0725 e. The minimum atomic E-state index is -0.365. The minimum Gasteiger partial charge on any atom is -0.0619 e. The van der Waals surface area contributed by atoms with Crippen LogP contribution in [0.5, 0.6) is 0 Å². The first-order valence-electron chi connectivity index (χ1n) is 15.8. The highest BCUT2D eigenvalue weighted by Gasteiger charge is 2.51. The van der Waals surface area contributed by atoms with Crippen molar-refractivity contribution in [2.45, 2.75) is 24.7 Å². The van der Waals surface area contributed by atoms with Gasteiger partial charge in [-0.2, -0.15) is 0 Å². The first-order chi connectivity index (χ1) is 22.0. The molecule has 7 aromatic carbocycles. The monoisotopic (exact) mass is 636 g/mol. The van der Waals surface area contributed by atoms with Crippen LogP contribution in [-0.2, 0) is 10.8 Å². The molecule has 1 atom stereocenters. The fourth-order valence-corrected chi connectivity index (χ4v) is 9.25. The second-order valence-corrected chi connectivity index (χ2v) is 14.3. The normalized spacial score (nSPS) is 17.5. The van der Waals surface area contributed by atoms with Crippen molar-refractivity contribution >= 4 is 26.7 Å². The van der Waals surface area contributed by atoms with Crippen LogP contribution in [0.25, 0.3) is 55.3 Å². The minimum absolute atomic E-state index is 0.0664. The summed E-state index contributed by atoms with van der Waals surface area (Å²) in [5, 5.41) is 2.58. The second kappa shape index (κ2) is 8.71. The van der Waals surface area contributed by atoms with Crippen LogP contribution in [0.3, 0.4) is 0 Å². The van der Waals surface area contributed by atoms with Gasteiger partial charge in [-0.1, -0.05) is 133 Å². The van der Waals surface area contributed by atoms with E-state index in [1.165, 1.54) is 88.7 Å². The van der Waals surface area contributed by atoms with E-state index in [1.807, 2.05) is 0 Å². The van der Waals surface area contributed by atoms with E-state index >= 15 is 0 Å². The van der Waals surface area contributed by atoms with Crippen molar-refractivity contribution in [3.8, 4) is 44.5 Å². The summed E-state index contributed by atoms with van der Waals surface area (Å²) in [6, 6.07) is 52.9. The third kappa shape index (κ3) is 3.17. The van der Waals surface area contributed by atoms with Gasteiger partial charge in [-0.05, 0) is 125 Å². The molecule has 0 amide bonds. The Morgan fingerprint density at radius 1 is 0.378 bits per heavy atom. The topological polar surface area (TPSA) is 0 Å². The number of hydrogen-bond donors (Lipinski definition) is 0. The number of rotatable bonds is 1. The van der Waals surface area contributed by atoms with Crippen LogP contribution in [0.4, 0.5) is 0 Å². The van der Waals surface area contributed by atoms with Crippen molar-refractivity contribution < 1.29 is 0 Å². The first kappa shape index (κ1) is 25.6. The summed E-state index contributed by atoms with van der Waals surface area (Å²) in [5.74, 6) is 0. The molecule has 0 fully saturated rings. The molecule has 1 spiro atoms. The van der Waals surface area contributed by atoms with Gasteiger partial charge in [0.05, 0.1) is 5.41 Å².